The lowest BCUT2D eigenvalue weighted by molar-refractivity contribution is -0.128. The van der Waals surface area contributed by atoms with Crippen LogP contribution in [0.3, 0.4) is 0 Å². The third-order valence-electron chi connectivity index (χ3n) is 3.48. The van der Waals surface area contributed by atoms with Gasteiger partial charge in [0.15, 0.2) is 0 Å². The van der Waals surface area contributed by atoms with Crippen LogP contribution in [0.5, 0.6) is 0 Å². The van der Waals surface area contributed by atoms with Crippen LogP contribution in [0, 0.1) is 0 Å². The minimum atomic E-state index is -0.531. The SMILES string of the molecule is CNc1ccc(CN2CCCC2=O)c(C2OC=CO2)n1. The molecule has 2 aliphatic rings. The highest BCUT2D eigenvalue weighted by Gasteiger charge is 2.26. The average Bonchev–Trinajstić information content (AvgIpc) is 3.12. The number of carbonyl (C=O) groups excluding carboxylic acids is 1. The molecule has 20 heavy (non-hydrogen) atoms. The van der Waals surface area contributed by atoms with Crippen molar-refractivity contribution in [1.82, 2.24) is 9.88 Å². The Morgan fingerprint density at radius 1 is 1.40 bits per heavy atom. The van der Waals surface area contributed by atoms with Crippen LogP contribution >= 0.6 is 0 Å². The number of carbonyl (C=O) groups is 1. The van der Waals surface area contributed by atoms with E-state index in [0.29, 0.717) is 18.7 Å². The lowest BCUT2D eigenvalue weighted by Gasteiger charge is -2.20. The Morgan fingerprint density at radius 2 is 2.20 bits per heavy atom. The van der Waals surface area contributed by atoms with Gasteiger partial charge in [0.25, 0.3) is 6.29 Å². The molecule has 1 aromatic rings. The van der Waals surface area contributed by atoms with Gasteiger partial charge in [0.2, 0.25) is 5.91 Å². The molecule has 0 bridgehead atoms. The standard InChI is InChI=1S/C14H17N3O3/c1-15-11-5-4-10(9-17-6-2-3-12(17)18)13(16-11)14-19-7-8-20-14/h4-5,7-8,14H,2-3,6,9H2,1H3,(H,15,16). The molecule has 3 rings (SSSR count). The number of hydrogen-bond acceptors (Lipinski definition) is 5. The Morgan fingerprint density at radius 3 is 2.85 bits per heavy atom. The highest BCUT2D eigenvalue weighted by atomic mass is 16.7. The minimum absolute atomic E-state index is 0.194. The number of amides is 1. The molecular weight excluding hydrogens is 258 g/mol. The van der Waals surface area contributed by atoms with Crippen molar-refractivity contribution < 1.29 is 14.3 Å². The summed E-state index contributed by atoms with van der Waals surface area (Å²) < 4.78 is 10.7. The molecule has 1 amide bonds. The van der Waals surface area contributed by atoms with E-state index in [1.54, 1.807) is 0 Å². The third kappa shape index (κ3) is 2.41. The largest absolute Gasteiger partial charge is 0.454 e. The van der Waals surface area contributed by atoms with E-state index in [0.717, 1.165) is 24.3 Å². The van der Waals surface area contributed by atoms with E-state index in [-0.39, 0.29) is 5.91 Å². The van der Waals surface area contributed by atoms with Crippen molar-refractivity contribution in [3.63, 3.8) is 0 Å². The first-order valence-electron chi connectivity index (χ1n) is 6.69. The molecule has 1 saturated heterocycles. The van der Waals surface area contributed by atoms with Gasteiger partial charge in [0.1, 0.15) is 24.0 Å². The van der Waals surface area contributed by atoms with Crippen LogP contribution in [-0.2, 0) is 20.8 Å². The van der Waals surface area contributed by atoms with Crippen molar-refractivity contribution >= 4 is 11.7 Å². The van der Waals surface area contributed by atoms with E-state index < -0.39 is 6.29 Å². The molecule has 0 aliphatic carbocycles. The maximum atomic E-state index is 11.8. The number of ether oxygens (including phenoxy) is 2. The summed E-state index contributed by atoms with van der Waals surface area (Å²) in [5.41, 5.74) is 1.66. The average molecular weight is 275 g/mol. The van der Waals surface area contributed by atoms with Crippen molar-refractivity contribution in [2.24, 2.45) is 0 Å². The zero-order valence-electron chi connectivity index (χ0n) is 11.3. The number of anilines is 1. The van der Waals surface area contributed by atoms with Crippen LogP contribution in [0.25, 0.3) is 0 Å². The van der Waals surface area contributed by atoms with E-state index in [4.69, 9.17) is 9.47 Å². The van der Waals surface area contributed by atoms with Gasteiger partial charge < -0.3 is 19.7 Å². The van der Waals surface area contributed by atoms with E-state index >= 15 is 0 Å². The van der Waals surface area contributed by atoms with E-state index in [1.807, 2.05) is 24.1 Å². The van der Waals surface area contributed by atoms with Crippen LogP contribution in [0.15, 0.2) is 24.7 Å². The number of nitrogens with one attached hydrogen (secondary N) is 1. The summed E-state index contributed by atoms with van der Waals surface area (Å²) in [4.78, 5) is 18.1. The molecule has 1 fully saturated rings. The second-order valence-electron chi connectivity index (χ2n) is 4.79. The first-order valence-corrected chi connectivity index (χ1v) is 6.69. The summed E-state index contributed by atoms with van der Waals surface area (Å²) in [6, 6.07) is 3.85. The predicted molar refractivity (Wildman–Crippen MR) is 72.5 cm³/mol. The summed E-state index contributed by atoms with van der Waals surface area (Å²) in [5.74, 6) is 0.940. The zero-order chi connectivity index (χ0) is 13.9. The van der Waals surface area contributed by atoms with E-state index in [9.17, 15) is 4.79 Å². The molecule has 2 aliphatic heterocycles. The number of rotatable bonds is 4. The van der Waals surface area contributed by atoms with Crippen molar-refractivity contribution in [3.05, 3.63) is 35.9 Å². The van der Waals surface area contributed by atoms with Crippen LogP contribution in [-0.4, -0.2) is 29.4 Å². The van der Waals surface area contributed by atoms with Crippen molar-refractivity contribution in [3.8, 4) is 0 Å². The molecule has 6 heteroatoms. The van der Waals surface area contributed by atoms with E-state index in [2.05, 4.69) is 10.3 Å². The highest BCUT2D eigenvalue weighted by Crippen LogP contribution is 2.28. The zero-order valence-corrected chi connectivity index (χ0v) is 11.3. The van der Waals surface area contributed by atoms with Crippen molar-refractivity contribution in [2.45, 2.75) is 25.7 Å². The van der Waals surface area contributed by atoms with Gasteiger partial charge in [-0.3, -0.25) is 4.79 Å². The topological polar surface area (TPSA) is 63.7 Å². The summed E-state index contributed by atoms with van der Waals surface area (Å²) >= 11 is 0. The first kappa shape index (κ1) is 12.8. The second-order valence-corrected chi connectivity index (χ2v) is 4.79. The highest BCUT2D eigenvalue weighted by molar-refractivity contribution is 5.78. The molecule has 0 radical (unpaired) electrons. The maximum absolute atomic E-state index is 11.8. The Hall–Kier alpha value is -2.24. The number of likely N-dealkylation sites (tertiary alicyclic amines) is 1. The van der Waals surface area contributed by atoms with Crippen molar-refractivity contribution in [2.75, 3.05) is 18.9 Å². The minimum Gasteiger partial charge on any atom is -0.454 e. The predicted octanol–water partition coefficient (Wildman–Crippen LogP) is 1.76. The maximum Gasteiger partial charge on any atom is 0.283 e. The smallest absolute Gasteiger partial charge is 0.283 e. The number of pyridine rings is 1. The lowest BCUT2D eigenvalue weighted by Crippen LogP contribution is -2.25. The Kier molecular flexibility index (Phi) is 3.45. The Balaban J connectivity index is 1.86. The molecule has 0 atom stereocenters. The van der Waals surface area contributed by atoms with Crippen LogP contribution < -0.4 is 5.32 Å². The van der Waals surface area contributed by atoms with Crippen LogP contribution in [0.4, 0.5) is 5.82 Å². The number of nitrogens with zero attached hydrogens (tertiary/aromatic N) is 2. The molecule has 0 unspecified atom stereocenters. The number of hydrogen-bond donors (Lipinski definition) is 1. The monoisotopic (exact) mass is 275 g/mol. The molecule has 6 nitrogen and oxygen atoms in total. The van der Waals surface area contributed by atoms with Gasteiger partial charge in [-0.15, -0.1) is 0 Å². The third-order valence-corrected chi connectivity index (χ3v) is 3.48. The molecule has 1 N–H and O–H groups in total. The Bertz CT molecular complexity index is 536. The fourth-order valence-electron chi connectivity index (χ4n) is 2.43. The fourth-order valence-corrected chi connectivity index (χ4v) is 2.43. The van der Waals surface area contributed by atoms with Gasteiger partial charge in [-0.25, -0.2) is 4.98 Å². The lowest BCUT2D eigenvalue weighted by atomic mass is 10.1. The molecule has 106 valence electrons. The summed E-state index contributed by atoms with van der Waals surface area (Å²) in [7, 11) is 1.81. The van der Waals surface area contributed by atoms with Crippen molar-refractivity contribution in [1.29, 1.82) is 0 Å². The second kappa shape index (κ2) is 5.40. The quantitative estimate of drug-likeness (QED) is 0.907. The normalized spacial score (nSPS) is 18.2. The fraction of sp³-hybridized carbons (Fsp3) is 0.429. The molecule has 3 heterocycles. The van der Waals surface area contributed by atoms with Gasteiger partial charge in [0.05, 0.1) is 0 Å². The summed E-state index contributed by atoms with van der Waals surface area (Å²) in [5, 5.41) is 3.00. The first-order chi connectivity index (χ1) is 9.78. The van der Waals surface area contributed by atoms with Crippen LogP contribution in [0.2, 0.25) is 0 Å². The van der Waals surface area contributed by atoms with Gasteiger partial charge in [0, 0.05) is 32.1 Å². The van der Waals surface area contributed by atoms with Gasteiger partial charge in [-0.1, -0.05) is 6.07 Å². The van der Waals surface area contributed by atoms with E-state index in [1.165, 1.54) is 12.5 Å². The van der Waals surface area contributed by atoms with Gasteiger partial charge in [-0.05, 0) is 12.5 Å². The van der Waals surface area contributed by atoms with Gasteiger partial charge >= 0.3 is 0 Å². The van der Waals surface area contributed by atoms with Crippen LogP contribution in [0.1, 0.15) is 30.4 Å². The number of aromatic nitrogens is 1. The molecular formula is C14H17N3O3. The molecule has 1 aromatic heterocycles. The molecule has 0 aromatic carbocycles. The van der Waals surface area contributed by atoms with Gasteiger partial charge in [-0.2, -0.15) is 0 Å². The Labute approximate surface area is 117 Å². The summed E-state index contributed by atoms with van der Waals surface area (Å²) in [6.45, 7) is 1.35. The summed E-state index contributed by atoms with van der Waals surface area (Å²) in [6.07, 6.45) is 4.03. The molecule has 0 spiro atoms. The molecule has 0 saturated carbocycles.